The van der Waals surface area contributed by atoms with E-state index in [1.807, 2.05) is 22.8 Å². The SMILES string of the molecule is CCNCc1ccc(Cn2c3c(ccc2=O)CCC3)o1. The Labute approximate surface area is 118 Å². The molecule has 0 atom stereocenters. The quantitative estimate of drug-likeness (QED) is 0.906. The first-order valence-corrected chi connectivity index (χ1v) is 7.28. The molecule has 3 rings (SSSR count). The molecule has 106 valence electrons. The Morgan fingerprint density at radius 3 is 2.90 bits per heavy atom. The van der Waals surface area contributed by atoms with Gasteiger partial charge in [0, 0.05) is 11.8 Å². The zero-order valence-corrected chi connectivity index (χ0v) is 11.8. The topological polar surface area (TPSA) is 47.2 Å². The summed E-state index contributed by atoms with van der Waals surface area (Å²) in [5.41, 5.74) is 2.56. The second-order valence-electron chi connectivity index (χ2n) is 5.23. The molecule has 1 N–H and O–H groups in total. The Kier molecular flexibility index (Phi) is 3.74. The monoisotopic (exact) mass is 272 g/mol. The summed E-state index contributed by atoms with van der Waals surface area (Å²) in [5, 5.41) is 3.23. The van der Waals surface area contributed by atoms with Crippen LogP contribution < -0.4 is 10.9 Å². The minimum atomic E-state index is 0.0651. The van der Waals surface area contributed by atoms with Crippen molar-refractivity contribution in [1.82, 2.24) is 9.88 Å². The summed E-state index contributed by atoms with van der Waals surface area (Å²) in [7, 11) is 0. The molecule has 0 fully saturated rings. The van der Waals surface area contributed by atoms with Gasteiger partial charge in [0.15, 0.2) is 0 Å². The Balaban J connectivity index is 1.83. The number of rotatable bonds is 5. The molecule has 0 unspecified atom stereocenters. The van der Waals surface area contributed by atoms with Crippen LogP contribution in [0.4, 0.5) is 0 Å². The molecule has 2 aromatic rings. The number of pyridine rings is 1. The highest BCUT2D eigenvalue weighted by Gasteiger charge is 2.16. The van der Waals surface area contributed by atoms with E-state index in [2.05, 4.69) is 12.2 Å². The normalized spacial score (nSPS) is 13.7. The van der Waals surface area contributed by atoms with Gasteiger partial charge in [0.05, 0.1) is 13.1 Å². The van der Waals surface area contributed by atoms with Crippen molar-refractivity contribution in [2.75, 3.05) is 6.54 Å². The first-order chi connectivity index (χ1) is 9.78. The molecule has 2 aromatic heterocycles. The van der Waals surface area contributed by atoms with Crippen LogP contribution in [0.25, 0.3) is 0 Å². The summed E-state index contributed by atoms with van der Waals surface area (Å²) in [6, 6.07) is 7.59. The minimum absolute atomic E-state index is 0.0651. The van der Waals surface area contributed by atoms with Crippen LogP contribution in [0, 0.1) is 0 Å². The largest absolute Gasteiger partial charge is 0.463 e. The first-order valence-electron chi connectivity index (χ1n) is 7.28. The molecule has 0 bridgehead atoms. The molecule has 1 aliphatic carbocycles. The average Bonchev–Trinajstić information content (AvgIpc) is 3.08. The molecule has 0 aromatic carbocycles. The van der Waals surface area contributed by atoms with Crippen LogP contribution in [0.1, 0.15) is 36.1 Å². The number of aryl methyl sites for hydroxylation is 1. The number of fused-ring (bicyclic) bond motifs is 1. The third kappa shape index (κ3) is 2.56. The van der Waals surface area contributed by atoms with Gasteiger partial charge in [-0.3, -0.25) is 4.79 Å². The number of nitrogens with zero attached hydrogens (tertiary/aromatic N) is 1. The molecule has 1 aliphatic rings. The lowest BCUT2D eigenvalue weighted by Gasteiger charge is -2.10. The van der Waals surface area contributed by atoms with Gasteiger partial charge in [0.25, 0.3) is 5.56 Å². The molecule has 20 heavy (non-hydrogen) atoms. The summed E-state index contributed by atoms with van der Waals surface area (Å²) in [5.74, 6) is 1.77. The fourth-order valence-electron chi connectivity index (χ4n) is 2.81. The van der Waals surface area contributed by atoms with Crippen molar-refractivity contribution in [2.24, 2.45) is 0 Å². The number of nitrogens with one attached hydrogen (secondary N) is 1. The van der Waals surface area contributed by atoms with Crippen LogP contribution in [-0.2, 0) is 25.9 Å². The number of hydrogen-bond donors (Lipinski definition) is 1. The maximum Gasteiger partial charge on any atom is 0.251 e. The summed E-state index contributed by atoms with van der Waals surface area (Å²) in [4.78, 5) is 12.1. The van der Waals surface area contributed by atoms with Crippen LogP contribution in [-0.4, -0.2) is 11.1 Å². The van der Waals surface area contributed by atoms with Gasteiger partial charge >= 0.3 is 0 Å². The zero-order chi connectivity index (χ0) is 13.9. The summed E-state index contributed by atoms with van der Waals surface area (Å²) in [6.45, 7) is 4.25. The molecule has 4 heteroatoms. The van der Waals surface area contributed by atoms with Gasteiger partial charge < -0.3 is 14.3 Å². The summed E-state index contributed by atoms with van der Waals surface area (Å²) >= 11 is 0. The van der Waals surface area contributed by atoms with Crippen molar-refractivity contribution >= 4 is 0 Å². The van der Waals surface area contributed by atoms with Gasteiger partial charge in [-0.05, 0) is 43.5 Å². The van der Waals surface area contributed by atoms with E-state index in [9.17, 15) is 4.79 Å². The van der Waals surface area contributed by atoms with Crippen molar-refractivity contribution in [1.29, 1.82) is 0 Å². The molecule has 0 aliphatic heterocycles. The van der Waals surface area contributed by atoms with Gasteiger partial charge in [-0.2, -0.15) is 0 Å². The summed E-state index contributed by atoms with van der Waals surface area (Å²) < 4.78 is 7.64. The van der Waals surface area contributed by atoms with Gasteiger partial charge in [0.1, 0.15) is 11.5 Å². The van der Waals surface area contributed by atoms with Crippen LogP contribution in [0.2, 0.25) is 0 Å². The summed E-state index contributed by atoms with van der Waals surface area (Å²) in [6.07, 6.45) is 3.22. The molecule has 0 amide bonds. The fourth-order valence-corrected chi connectivity index (χ4v) is 2.81. The van der Waals surface area contributed by atoms with Gasteiger partial charge in [-0.25, -0.2) is 0 Å². The Morgan fingerprint density at radius 1 is 1.20 bits per heavy atom. The fraction of sp³-hybridized carbons (Fsp3) is 0.438. The van der Waals surface area contributed by atoms with Gasteiger partial charge in [-0.1, -0.05) is 13.0 Å². The molecule has 4 nitrogen and oxygen atoms in total. The second-order valence-corrected chi connectivity index (χ2v) is 5.23. The smallest absolute Gasteiger partial charge is 0.251 e. The molecule has 2 heterocycles. The Hall–Kier alpha value is -1.81. The van der Waals surface area contributed by atoms with Crippen molar-refractivity contribution in [3.8, 4) is 0 Å². The number of furan rings is 1. The van der Waals surface area contributed by atoms with Crippen molar-refractivity contribution in [3.05, 3.63) is 57.4 Å². The predicted octanol–water partition coefficient (Wildman–Crippen LogP) is 2.09. The van der Waals surface area contributed by atoms with E-state index >= 15 is 0 Å². The van der Waals surface area contributed by atoms with E-state index in [0.29, 0.717) is 6.54 Å². The molecular formula is C16H20N2O2. The lowest BCUT2D eigenvalue weighted by molar-refractivity contribution is 0.435. The van der Waals surface area contributed by atoms with Crippen LogP contribution in [0.5, 0.6) is 0 Å². The van der Waals surface area contributed by atoms with Crippen molar-refractivity contribution in [2.45, 2.75) is 39.3 Å². The standard InChI is InChI=1S/C16H20N2O2/c1-2-17-10-13-7-8-14(20-13)11-18-15-5-3-4-12(15)6-9-16(18)19/h6-9,17H,2-5,10-11H2,1H3. The first kappa shape index (κ1) is 13.2. The second kappa shape index (κ2) is 5.67. The minimum Gasteiger partial charge on any atom is -0.463 e. The predicted molar refractivity (Wildman–Crippen MR) is 77.9 cm³/mol. The van der Waals surface area contributed by atoms with E-state index in [1.54, 1.807) is 6.07 Å². The third-order valence-corrected chi connectivity index (χ3v) is 3.83. The lowest BCUT2D eigenvalue weighted by Crippen LogP contribution is -2.23. The van der Waals surface area contributed by atoms with Crippen LogP contribution >= 0.6 is 0 Å². The Bertz CT molecular complexity index is 655. The van der Waals surface area contributed by atoms with Crippen LogP contribution in [0.3, 0.4) is 0 Å². The van der Waals surface area contributed by atoms with Gasteiger partial charge in [-0.15, -0.1) is 0 Å². The highest BCUT2D eigenvalue weighted by atomic mass is 16.3. The van der Waals surface area contributed by atoms with E-state index in [-0.39, 0.29) is 5.56 Å². The lowest BCUT2D eigenvalue weighted by atomic mass is 10.2. The number of hydrogen-bond acceptors (Lipinski definition) is 3. The molecule has 0 radical (unpaired) electrons. The maximum atomic E-state index is 12.1. The molecule has 0 saturated heterocycles. The zero-order valence-electron chi connectivity index (χ0n) is 11.8. The molecule has 0 spiro atoms. The van der Waals surface area contributed by atoms with Crippen molar-refractivity contribution < 1.29 is 4.42 Å². The van der Waals surface area contributed by atoms with Crippen LogP contribution in [0.15, 0.2) is 33.5 Å². The highest BCUT2D eigenvalue weighted by Crippen LogP contribution is 2.21. The third-order valence-electron chi connectivity index (χ3n) is 3.83. The highest BCUT2D eigenvalue weighted by molar-refractivity contribution is 5.26. The van der Waals surface area contributed by atoms with Crippen molar-refractivity contribution in [3.63, 3.8) is 0 Å². The molecular weight excluding hydrogens is 252 g/mol. The van der Waals surface area contributed by atoms with E-state index in [4.69, 9.17) is 4.42 Å². The van der Waals surface area contributed by atoms with E-state index in [0.717, 1.165) is 43.9 Å². The average molecular weight is 272 g/mol. The molecule has 0 saturated carbocycles. The Morgan fingerprint density at radius 2 is 2.05 bits per heavy atom. The number of aromatic nitrogens is 1. The van der Waals surface area contributed by atoms with E-state index in [1.165, 1.54) is 11.3 Å². The van der Waals surface area contributed by atoms with E-state index < -0.39 is 0 Å². The maximum absolute atomic E-state index is 12.1. The van der Waals surface area contributed by atoms with Gasteiger partial charge in [0.2, 0.25) is 0 Å².